The molecule has 1 amide bonds. The monoisotopic (exact) mass is 265 g/mol. The predicted molar refractivity (Wildman–Crippen MR) is 71.0 cm³/mol. The molecule has 0 fully saturated rings. The first-order chi connectivity index (χ1) is 9.08. The number of rotatable bonds is 8. The molecule has 0 saturated heterocycles. The number of amides is 1. The van der Waals surface area contributed by atoms with Gasteiger partial charge in [0.2, 0.25) is 0 Å². The molecule has 0 saturated carbocycles. The molecule has 0 aliphatic rings. The molecule has 19 heavy (non-hydrogen) atoms. The molecule has 0 aliphatic carbocycles. The lowest BCUT2D eigenvalue weighted by atomic mass is 10.1. The van der Waals surface area contributed by atoms with Crippen LogP contribution in [0.3, 0.4) is 0 Å². The molecule has 0 radical (unpaired) electrons. The number of carboxylic acid groups (broad SMARTS) is 1. The van der Waals surface area contributed by atoms with Crippen LogP contribution in [-0.2, 0) is 9.59 Å². The molecule has 1 aromatic rings. The number of para-hydroxylation sites is 1. The molecular formula is C14H19NO4. The van der Waals surface area contributed by atoms with Crippen LogP contribution in [0.4, 0.5) is 0 Å². The van der Waals surface area contributed by atoms with E-state index in [-0.39, 0.29) is 25.0 Å². The Morgan fingerprint density at radius 2 is 2.00 bits per heavy atom. The zero-order valence-corrected chi connectivity index (χ0v) is 11.0. The average molecular weight is 265 g/mol. The summed E-state index contributed by atoms with van der Waals surface area (Å²) in [6, 6.07) is 9.06. The van der Waals surface area contributed by atoms with Gasteiger partial charge in [0.1, 0.15) is 5.75 Å². The van der Waals surface area contributed by atoms with E-state index in [0.29, 0.717) is 18.6 Å². The van der Waals surface area contributed by atoms with Crippen LogP contribution in [0.5, 0.6) is 5.75 Å². The summed E-state index contributed by atoms with van der Waals surface area (Å²) in [7, 11) is 0. The number of hydrogen-bond acceptors (Lipinski definition) is 3. The molecule has 1 aromatic carbocycles. The first-order valence-corrected chi connectivity index (χ1v) is 6.27. The minimum absolute atomic E-state index is 0.0344. The van der Waals surface area contributed by atoms with E-state index in [1.807, 2.05) is 25.1 Å². The lowest BCUT2D eigenvalue weighted by Crippen LogP contribution is -2.36. The number of carbonyl (C=O) groups is 2. The van der Waals surface area contributed by atoms with Gasteiger partial charge in [0.25, 0.3) is 5.91 Å². The standard InChI is InChI=1S/C14H19NO4/c1-11(6-5-9-14(17)18)15-13(16)10-19-12-7-3-2-4-8-12/h2-4,7-8,11H,5-6,9-10H2,1H3,(H,15,16)(H,17,18). The number of hydrogen-bond donors (Lipinski definition) is 2. The van der Waals surface area contributed by atoms with Gasteiger partial charge in [-0.25, -0.2) is 0 Å². The van der Waals surface area contributed by atoms with Crippen molar-refractivity contribution in [1.29, 1.82) is 0 Å². The van der Waals surface area contributed by atoms with Gasteiger partial charge in [0.15, 0.2) is 6.61 Å². The van der Waals surface area contributed by atoms with E-state index in [1.54, 1.807) is 12.1 Å². The molecule has 0 aliphatic heterocycles. The molecular weight excluding hydrogens is 246 g/mol. The summed E-state index contributed by atoms with van der Waals surface area (Å²) in [6.07, 6.45) is 1.32. The van der Waals surface area contributed by atoms with Crippen molar-refractivity contribution in [3.05, 3.63) is 30.3 Å². The van der Waals surface area contributed by atoms with Crippen molar-refractivity contribution in [2.24, 2.45) is 0 Å². The third kappa shape index (κ3) is 7.08. The first-order valence-electron chi connectivity index (χ1n) is 6.27. The minimum Gasteiger partial charge on any atom is -0.484 e. The van der Waals surface area contributed by atoms with Crippen LogP contribution >= 0.6 is 0 Å². The van der Waals surface area contributed by atoms with Gasteiger partial charge in [-0.3, -0.25) is 9.59 Å². The van der Waals surface area contributed by atoms with Crippen LogP contribution in [0.1, 0.15) is 26.2 Å². The number of carbonyl (C=O) groups excluding carboxylic acids is 1. The van der Waals surface area contributed by atoms with Crippen LogP contribution < -0.4 is 10.1 Å². The third-order valence-corrected chi connectivity index (χ3v) is 2.55. The largest absolute Gasteiger partial charge is 0.484 e. The van der Waals surface area contributed by atoms with Gasteiger partial charge in [-0.2, -0.15) is 0 Å². The molecule has 5 nitrogen and oxygen atoms in total. The van der Waals surface area contributed by atoms with Gasteiger partial charge in [0.05, 0.1) is 0 Å². The highest BCUT2D eigenvalue weighted by molar-refractivity contribution is 5.77. The van der Waals surface area contributed by atoms with Gasteiger partial charge >= 0.3 is 5.97 Å². The maximum Gasteiger partial charge on any atom is 0.303 e. The summed E-state index contributed by atoms with van der Waals surface area (Å²) in [5.74, 6) is -0.367. The van der Waals surface area contributed by atoms with Crippen molar-refractivity contribution in [1.82, 2.24) is 5.32 Å². The molecule has 2 N–H and O–H groups in total. The fourth-order valence-electron chi connectivity index (χ4n) is 1.61. The average Bonchev–Trinajstić information content (AvgIpc) is 2.37. The molecule has 104 valence electrons. The van der Waals surface area contributed by atoms with Crippen molar-refractivity contribution in [3.63, 3.8) is 0 Å². The topological polar surface area (TPSA) is 75.6 Å². The fraction of sp³-hybridized carbons (Fsp3) is 0.429. The second kappa shape index (κ2) is 8.13. The fourth-order valence-corrected chi connectivity index (χ4v) is 1.61. The molecule has 1 atom stereocenters. The predicted octanol–water partition coefficient (Wildman–Crippen LogP) is 1.82. The lowest BCUT2D eigenvalue weighted by Gasteiger charge is -2.13. The summed E-state index contributed by atoms with van der Waals surface area (Å²) in [4.78, 5) is 21.9. The Morgan fingerprint density at radius 3 is 2.63 bits per heavy atom. The number of aliphatic carboxylic acids is 1. The number of benzene rings is 1. The molecule has 0 heterocycles. The quantitative estimate of drug-likeness (QED) is 0.752. The van der Waals surface area contributed by atoms with E-state index >= 15 is 0 Å². The SMILES string of the molecule is CC(CCCC(=O)O)NC(=O)COc1ccccc1. The Bertz CT molecular complexity index is 405. The van der Waals surface area contributed by atoms with Crippen LogP contribution in [-0.4, -0.2) is 29.6 Å². The van der Waals surface area contributed by atoms with Gasteiger partial charge < -0.3 is 15.2 Å². The summed E-state index contributed by atoms with van der Waals surface area (Å²) in [5, 5.41) is 11.3. The van der Waals surface area contributed by atoms with Gasteiger partial charge in [-0.05, 0) is 31.9 Å². The number of carboxylic acids is 1. The van der Waals surface area contributed by atoms with Crippen molar-refractivity contribution in [2.45, 2.75) is 32.2 Å². The van der Waals surface area contributed by atoms with Gasteiger partial charge in [-0.15, -0.1) is 0 Å². The summed E-state index contributed by atoms with van der Waals surface area (Å²) in [6.45, 7) is 1.82. The zero-order valence-electron chi connectivity index (χ0n) is 11.0. The third-order valence-electron chi connectivity index (χ3n) is 2.55. The number of nitrogens with one attached hydrogen (secondary N) is 1. The second-order valence-electron chi connectivity index (χ2n) is 4.36. The Hall–Kier alpha value is -2.04. The van der Waals surface area contributed by atoms with Crippen molar-refractivity contribution < 1.29 is 19.4 Å². The van der Waals surface area contributed by atoms with Gasteiger partial charge in [0, 0.05) is 12.5 Å². The molecule has 1 rings (SSSR count). The van der Waals surface area contributed by atoms with E-state index in [0.717, 1.165) is 0 Å². The highest BCUT2D eigenvalue weighted by Crippen LogP contribution is 2.07. The lowest BCUT2D eigenvalue weighted by molar-refractivity contribution is -0.137. The van der Waals surface area contributed by atoms with Crippen molar-refractivity contribution in [2.75, 3.05) is 6.61 Å². The van der Waals surface area contributed by atoms with E-state index < -0.39 is 5.97 Å². The highest BCUT2D eigenvalue weighted by Gasteiger charge is 2.08. The van der Waals surface area contributed by atoms with Crippen LogP contribution in [0.25, 0.3) is 0 Å². The van der Waals surface area contributed by atoms with Gasteiger partial charge in [-0.1, -0.05) is 18.2 Å². The molecule has 5 heteroatoms. The van der Waals surface area contributed by atoms with Crippen LogP contribution in [0.15, 0.2) is 30.3 Å². The molecule has 0 aromatic heterocycles. The normalized spacial score (nSPS) is 11.6. The molecule has 0 bridgehead atoms. The van der Waals surface area contributed by atoms with Crippen molar-refractivity contribution >= 4 is 11.9 Å². The smallest absolute Gasteiger partial charge is 0.303 e. The maximum absolute atomic E-state index is 11.6. The summed E-state index contributed by atoms with van der Waals surface area (Å²) >= 11 is 0. The number of ether oxygens (including phenoxy) is 1. The first kappa shape index (κ1) is 15.0. The highest BCUT2D eigenvalue weighted by atomic mass is 16.5. The van der Waals surface area contributed by atoms with E-state index in [2.05, 4.69) is 5.32 Å². The van der Waals surface area contributed by atoms with E-state index in [4.69, 9.17) is 9.84 Å². The zero-order chi connectivity index (χ0) is 14.1. The second-order valence-corrected chi connectivity index (χ2v) is 4.36. The van der Waals surface area contributed by atoms with E-state index in [9.17, 15) is 9.59 Å². The Morgan fingerprint density at radius 1 is 1.32 bits per heavy atom. The van der Waals surface area contributed by atoms with E-state index in [1.165, 1.54) is 0 Å². The maximum atomic E-state index is 11.6. The van der Waals surface area contributed by atoms with Crippen LogP contribution in [0.2, 0.25) is 0 Å². The Labute approximate surface area is 112 Å². The molecule has 1 unspecified atom stereocenters. The van der Waals surface area contributed by atoms with Crippen LogP contribution in [0, 0.1) is 0 Å². The summed E-state index contributed by atoms with van der Waals surface area (Å²) < 4.78 is 5.31. The molecule has 0 spiro atoms. The van der Waals surface area contributed by atoms with Crippen molar-refractivity contribution in [3.8, 4) is 5.75 Å². The Kier molecular flexibility index (Phi) is 6.43. The Balaban J connectivity index is 2.18. The summed E-state index contributed by atoms with van der Waals surface area (Å²) in [5.41, 5.74) is 0. The minimum atomic E-state index is -0.814.